The van der Waals surface area contributed by atoms with Crippen molar-refractivity contribution in [3.8, 4) is 11.1 Å². The molecule has 0 bridgehead atoms. The molecule has 4 nitrogen and oxygen atoms in total. The van der Waals surface area contributed by atoms with Crippen LogP contribution in [0.1, 0.15) is 22.3 Å². The molecule has 0 saturated carbocycles. The summed E-state index contributed by atoms with van der Waals surface area (Å²) in [4.78, 5) is 25.4. The minimum atomic E-state index is -0.967. The summed E-state index contributed by atoms with van der Waals surface area (Å²) in [5.41, 5.74) is 4.26. The van der Waals surface area contributed by atoms with Crippen molar-refractivity contribution in [1.29, 1.82) is 0 Å². The molecule has 1 unspecified atom stereocenters. The van der Waals surface area contributed by atoms with Gasteiger partial charge in [0.2, 0.25) is 0 Å². The number of benzene rings is 4. The van der Waals surface area contributed by atoms with Crippen LogP contribution in [0.2, 0.25) is 0 Å². The van der Waals surface area contributed by atoms with E-state index < -0.39 is 11.9 Å². The molecule has 0 aliphatic rings. The Morgan fingerprint density at radius 2 is 1.40 bits per heavy atom. The van der Waals surface area contributed by atoms with Crippen LogP contribution in [0.15, 0.2) is 108 Å². The molecule has 0 amide bonds. The number of hydrogen-bond donors (Lipinski definition) is 2. The molecule has 0 aromatic heterocycles. The Bertz CT molecular complexity index is 1270. The first-order valence-electron chi connectivity index (χ1n) is 11.2. The van der Waals surface area contributed by atoms with Gasteiger partial charge in [0.05, 0.1) is 5.92 Å². The van der Waals surface area contributed by atoms with Crippen LogP contribution in [0.3, 0.4) is 0 Å². The minimum Gasteiger partial charge on any atom is -0.481 e. The smallest absolute Gasteiger partial charge is 0.307 e. The van der Waals surface area contributed by atoms with E-state index in [0.717, 1.165) is 27.3 Å². The maximum atomic E-state index is 13.0. The highest BCUT2D eigenvalue weighted by Crippen LogP contribution is 2.26. The monoisotopic (exact) mass is 485 g/mol. The van der Waals surface area contributed by atoms with Crippen molar-refractivity contribution in [3.63, 3.8) is 0 Å². The van der Waals surface area contributed by atoms with Crippen molar-refractivity contribution in [3.05, 3.63) is 120 Å². The second kappa shape index (κ2) is 11.5. The average molecular weight is 486 g/mol. The largest absolute Gasteiger partial charge is 0.481 e. The topological polar surface area (TPSA) is 66.4 Å². The lowest BCUT2D eigenvalue weighted by Crippen LogP contribution is -2.20. The normalized spacial score (nSPS) is 11.6. The van der Waals surface area contributed by atoms with Gasteiger partial charge in [-0.1, -0.05) is 66.7 Å². The number of ketones is 1. The van der Waals surface area contributed by atoms with Crippen LogP contribution in [0, 0.1) is 11.7 Å². The minimum absolute atomic E-state index is 0.0460. The summed E-state index contributed by atoms with van der Waals surface area (Å²) in [7, 11) is 0. The summed E-state index contributed by atoms with van der Waals surface area (Å²) in [6.45, 7) is 0. The number of carboxylic acid groups (broad SMARTS) is 1. The summed E-state index contributed by atoms with van der Waals surface area (Å²) in [5.74, 6) is -2.18. The molecule has 35 heavy (non-hydrogen) atoms. The lowest BCUT2D eigenvalue weighted by Gasteiger charge is -2.12. The van der Waals surface area contributed by atoms with Crippen molar-refractivity contribution in [2.24, 2.45) is 5.92 Å². The number of carbonyl (C=O) groups is 2. The van der Waals surface area contributed by atoms with Crippen LogP contribution in [0.4, 0.5) is 10.1 Å². The molecule has 4 aromatic carbocycles. The van der Waals surface area contributed by atoms with E-state index in [2.05, 4.69) is 4.72 Å². The van der Waals surface area contributed by atoms with Crippen LogP contribution in [0.25, 0.3) is 11.1 Å². The fourth-order valence-corrected chi connectivity index (χ4v) is 4.33. The predicted molar refractivity (Wildman–Crippen MR) is 138 cm³/mol. The number of nitrogens with one attached hydrogen (secondary N) is 1. The first-order valence-corrected chi connectivity index (χ1v) is 12.0. The van der Waals surface area contributed by atoms with Crippen molar-refractivity contribution in [2.75, 3.05) is 4.72 Å². The van der Waals surface area contributed by atoms with E-state index in [9.17, 15) is 19.1 Å². The third kappa shape index (κ3) is 6.80. The van der Waals surface area contributed by atoms with E-state index in [1.165, 1.54) is 24.1 Å². The first-order chi connectivity index (χ1) is 17.0. The predicted octanol–water partition coefficient (Wildman–Crippen LogP) is 7.13. The van der Waals surface area contributed by atoms with Crippen molar-refractivity contribution < 1.29 is 19.1 Å². The molecule has 0 aliphatic heterocycles. The van der Waals surface area contributed by atoms with Gasteiger partial charge in [-0.2, -0.15) is 0 Å². The van der Waals surface area contributed by atoms with Gasteiger partial charge in [0.25, 0.3) is 0 Å². The first kappa shape index (κ1) is 24.2. The zero-order chi connectivity index (χ0) is 24.6. The van der Waals surface area contributed by atoms with Gasteiger partial charge in [-0.05, 0) is 71.5 Å². The number of anilines is 1. The molecule has 6 heteroatoms. The van der Waals surface area contributed by atoms with Crippen LogP contribution in [-0.4, -0.2) is 16.9 Å². The van der Waals surface area contributed by atoms with Gasteiger partial charge in [0, 0.05) is 22.6 Å². The van der Waals surface area contributed by atoms with Crippen LogP contribution >= 0.6 is 11.9 Å². The highest BCUT2D eigenvalue weighted by molar-refractivity contribution is 8.00. The fraction of sp³-hybridized carbons (Fsp3) is 0.103. The number of Topliss-reactive ketones (excluding diaryl/α,β-unsaturated/α-hetero) is 1. The van der Waals surface area contributed by atoms with E-state index >= 15 is 0 Å². The maximum Gasteiger partial charge on any atom is 0.307 e. The summed E-state index contributed by atoms with van der Waals surface area (Å²) < 4.78 is 16.3. The van der Waals surface area contributed by atoms with Gasteiger partial charge >= 0.3 is 5.97 Å². The van der Waals surface area contributed by atoms with E-state index in [1.807, 2.05) is 66.7 Å². The Morgan fingerprint density at radius 3 is 2.00 bits per heavy atom. The fourth-order valence-electron chi connectivity index (χ4n) is 3.69. The molecule has 0 spiro atoms. The van der Waals surface area contributed by atoms with Gasteiger partial charge in [0.1, 0.15) is 5.82 Å². The Labute approximate surface area is 208 Å². The van der Waals surface area contributed by atoms with Crippen LogP contribution in [-0.2, 0) is 11.2 Å². The second-order valence-electron chi connectivity index (χ2n) is 8.16. The number of aliphatic carboxylic acids is 1. The van der Waals surface area contributed by atoms with Crippen molar-refractivity contribution >= 4 is 29.4 Å². The molecular weight excluding hydrogens is 461 g/mol. The molecule has 4 aromatic rings. The summed E-state index contributed by atoms with van der Waals surface area (Å²) in [5, 5.41) is 9.59. The number of hydrogen-bond acceptors (Lipinski definition) is 4. The molecule has 0 heterocycles. The zero-order valence-corrected chi connectivity index (χ0v) is 19.7. The molecule has 4 rings (SSSR count). The third-order valence-corrected chi connectivity index (χ3v) is 6.48. The van der Waals surface area contributed by atoms with Crippen LogP contribution < -0.4 is 4.72 Å². The van der Waals surface area contributed by atoms with Gasteiger partial charge in [0.15, 0.2) is 5.78 Å². The number of rotatable bonds is 10. The maximum absolute atomic E-state index is 13.0. The molecule has 0 radical (unpaired) electrons. The van der Waals surface area contributed by atoms with E-state index in [-0.39, 0.29) is 18.0 Å². The van der Waals surface area contributed by atoms with Crippen molar-refractivity contribution in [1.82, 2.24) is 0 Å². The molecule has 0 saturated heterocycles. The van der Waals surface area contributed by atoms with Crippen molar-refractivity contribution in [2.45, 2.75) is 17.7 Å². The third-order valence-electron chi connectivity index (χ3n) is 5.63. The van der Waals surface area contributed by atoms with E-state index in [1.54, 1.807) is 24.3 Å². The lowest BCUT2D eigenvalue weighted by atomic mass is 9.91. The Kier molecular flexibility index (Phi) is 7.95. The molecule has 2 N–H and O–H groups in total. The number of halogens is 1. The summed E-state index contributed by atoms with van der Waals surface area (Å²) in [6.07, 6.45) is 0.273. The molecule has 1 atom stereocenters. The summed E-state index contributed by atoms with van der Waals surface area (Å²) in [6, 6.07) is 30.7. The number of carboxylic acids is 1. The van der Waals surface area contributed by atoms with E-state index in [0.29, 0.717) is 12.0 Å². The highest BCUT2D eigenvalue weighted by Gasteiger charge is 2.22. The average Bonchev–Trinajstić information content (AvgIpc) is 2.89. The standard InChI is InChI=1S/C29H24FNO3S/c30-25-12-16-27(17-13-25)35-31-26-14-10-22(11-15-26)21-6-8-23(9-7-21)28(32)19-24(29(33)34)18-20-4-2-1-3-5-20/h1-17,24,31H,18-19H2,(H,33,34). The summed E-state index contributed by atoms with van der Waals surface area (Å²) >= 11 is 1.40. The van der Waals surface area contributed by atoms with E-state index in [4.69, 9.17) is 0 Å². The Balaban J connectivity index is 1.36. The van der Waals surface area contributed by atoms with Gasteiger partial charge < -0.3 is 9.83 Å². The van der Waals surface area contributed by atoms with Gasteiger partial charge in [-0.25, -0.2) is 4.39 Å². The second-order valence-corrected chi connectivity index (χ2v) is 9.04. The SMILES string of the molecule is O=C(CC(Cc1ccccc1)C(=O)O)c1ccc(-c2ccc(NSc3ccc(F)cc3)cc2)cc1. The Morgan fingerprint density at radius 1 is 0.800 bits per heavy atom. The molecular formula is C29H24FNO3S. The van der Waals surface area contributed by atoms with Crippen LogP contribution in [0.5, 0.6) is 0 Å². The quantitative estimate of drug-likeness (QED) is 0.185. The Hall–Kier alpha value is -3.90. The molecule has 0 aliphatic carbocycles. The van der Waals surface area contributed by atoms with Gasteiger partial charge in [-0.3, -0.25) is 9.59 Å². The molecule has 0 fully saturated rings. The highest BCUT2D eigenvalue weighted by atomic mass is 32.2. The molecule has 176 valence electrons. The van der Waals surface area contributed by atoms with Gasteiger partial charge in [-0.15, -0.1) is 0 Å². The lowest BCUT2D eigenvalue weighted by molar-refractivity contribution is -0.141. The number of carbonyl (C=O) groups excluding carboxylic acids is 1. The zero-order valence-electron chi connectivity index (χ0n) is 18.9.